The topological polar surface area (TPSA) is 100 Å². The maximum Gasteiger partial charge on any atom is 0.315 e. The van der Waals surface area contributed by atoms with Gasteiger partial charge in [-0.25, -0.2) is 4.79 Å². The molecule has 24 heavy (non-hydrogen) atoms. The van der Waals surface area contributed by atoms with Crippen LogP contribution in [0, 0.1) is 5.41 Å². The first-order valence-electron chi connectivity index (χ1n) is 8.90. The van der Waals surface area contributed by atoms with E-state index in [9.17, 15) is 4.79 Å². The number of aliphatic hydroxyl groups excluding tert-OH is 1. The molecule has 7 heteroatoms. The van der Waals surface area contributed by atoms with E-state index in [0.717, 1.165) is 18.7 Å². The van der Waals surface area contributed by atoms with Gasteiger partial charge < -0.3 is 20.3 Å². The van der Waals surface area contributed by atoms with Crippen LogP contribution in [0.5, 0.6) is 0 Å². The molecule has 2 amide bonds. The average molecular weight is 338 g/mol. The number of carbonyl (C=O) groups excluding carboxylic acids is 1. The van der Waals surface area contributed by atoms with Crippen LogP contribution < -0.4 is 10.6 Å². The molecule has 1 unspecified atom stereocenters. The molecule has 0 aromatic carbocycles. The zero-order valence-electron chi connectivity index (χ0n) is 15.0. The van der Waals surface area contributed by atoms with Crippen LogP contribution in [0.4, 0.5) is 4.79 Å². The van der Waals surface area contributed by atoms with Crippen LogP contribution >= 0.6 is 0 Å². The van der Waals surface area contributed by atoms with E-state index in [1.54, 1.807) is 0 Å². The number of rotatable bonds is 7. The van der Waals surface area contributed by atoms with Crippen LogP contribution in [-0.2, 0) is 0 Å². The number of hydrogen-bond acceptors (Lipinski definition) is 5. The molecule has 0 spiro atoms. The van der Waals surface area contributed by atoms with Crippen molar-refractivity contribution in [3.8, 4) is 0 Å². The van der Waals surface area contributed by atoms with Crippen molar-refractivity contribution in [2.75, 3.05) is 13.2 Å². The molecule has 0 radical (unpaired) electrons. The van der Waals surface area contributed by atoms with E-state index in [4.69, 9.17) is 9.63 Å². The lowest BCUT2D eigenvalue weighted by Crippen LogP contribution is -2.42. The number of urea groups is 1. The fourth-order valence-electron chi connectivity index (χ4n) is 2.97. The molecule has 1 aliphatic carbocycles. The second-order valence-corrected chi connectivity index (χ2v) is 7.51. The Labute approximate surface area is 143 Å². The molecule has 1 heterocycles. The Kier molecular flexibility index (Phi) is 6.60. The molecule has 136 valence electrons. The van der Waals surface area contributed by atoms with Crippen LogP contribution in [0.3, 0.4) is 0 Å². The van der Waals surface area contributed by atoms with Crippen molar-refractivity contribution in [2.24, 2.45) is 5.41 Å². The number of carbonyl (C=O) groups is 1. The molecule has 1 saturated carbocycles. The molecule has 1 aliphatic rings. The van der Waals surface area contributed by atoms with Gasteiger partial charge >= 0.3 is 6.03 Å². The van der Waals surface area contributed by atoms with Crippen molar-refractivity contribution in [1.82, 2.24) is 20.8 Å². The van der Waals surface area contributed by atoms with Crippen molar-refractivity contribution in [1.29, 1.82) is 0 Å². The standard InChI is InChI=1S/C17H30N4O3/c1-12(19-16(23)18-11-17(2,3)9-10-22)15-20-14(21-24-15)13-7-5-4-6-8-13/h12-13,22H,4-11H2,1-3H3,(H2,18,19,23). The van der Waals surface area contributed by atoms with E-state index in [1.165, 1.54) is 19.3 Å². The van der Waals surface area contributed by atoms with Gasteiger partial charge in [0, 0.05) is 19.1 Å². The van der Waals surface area contributed by atoms with Gasteiger partial charge in [-0.1, -0.05) is 38.3 Å². The second kappa shape index (κ2) is 8.46. The number of hydrogen-bond donors (Lipinski definition) is 3. The van der Waals surface area contributed by atoms with Crippen molar-refractivity contribution in [3.05, 3.63) is 11.7 Å². The Morgan fingerprint density at radius 3 is 2.75 bits per heavy atom. The van der Waals surface area contributed by atoms with E-state index in [0.29, 0.717) is 24.8 Å². The van der Waals surface area contributed by atoms with E-state index in [2.05, 4.69) is 20.8 Å². The van der Waals surface area contributed by atoms with Gasteiger partial charge in [0.2, 0.25) is 5.89 Å². The maximum absolute atomic E-state index is 12.0. The molecule has 7 nitrogen and oxygen atoms in total. The molecular formula is C17H30N4O3. The third kappa shape index (κ3) is 5.47. The maximum atomic E-state index is 12.0. The normalized spacial score (nSPS) is 17.5. The highest BCUT2D eigenvalue weighted by atomic mass is 16.5. The predicted molar refractivity (Wildman–Crippen MR) is 90.6 cm³/mol. The van der Waals surface area contributed by atoms with Crippen molar-refractivity contribution in [3.63, 3.8) is 0 Å². The Morgan fingerprint density at radius 2 is 2.08 bits per heavy atom. The van der Waals surface area contributed by atoms with E-state index in [1.807, 2.05) is 20.8 Å². The molecule has 1 aromatic rings. The number of aliphatic hydroxyl groups is 1. The number of nitrogens with zero attached hydrogens (tertiary/aromatic N) is 2. The minimum atomic E-state index is -0.337. The van der Waals surface area contributed by atoms with E-state index in [-0.39, 0.29) is 24.1 Å². The SMILES string of the molecule is CC(NC(=O)NCC(C)(C)CCO)c1nc(C2CCCCC2)no1. The fraction of sp³-hybridized carbons (Fsp3) is 0.824. The summed E-state index contributed by atoms with van der Waals surface area (Å²) in [7, 11) is 0. The quantitative estimate of drug-likeness (QED) is 0.710. The monoisotopic (exact) mass is 338 g/mol. The summed E-state index contributed by atoms with van der Waals surface area (Å²) >= 11 is 0. The molecule has 1 aromatic heterocycles. The van der Waals surface area contributed by atoms with Gasteiger partial charge in [0.1, 0.15) is 6.04 Å². The highest BCUT2D eigenvalue weighted by Crippen LogP contribution is 2.31. The van der Waals surface area contributed by atoms with E-state index < -0.39 is 0 Å². The minimum absolute atomic E-state index is 0.110. The number of aromatic nitrogens is 2. The third-order valence-electron chi connectivity index (χ3n) is 4.66. The molecular weight excluding hydrogens is 308 g/mol. The first-order valence-corrected chi connectivity index (χ1v) is 8.90. The number of amides is 2. The molecule has 1 atom stereocenters. The smallest absolute Gasteiger partial charge is 0.315 e. The molecule has 0 bridgehead atoms. The van der Waals surface area contributed by atoms with Crippen LogP contribution in [0.2, 0.25) is 0 Å². The van der Waals surface area contributed by atoms with Crippen molar-refractivity contribution in [2.45, 2.75) is 71.3 Å². The summed E-state index contributed by atoms with van der Waals surface area (Å²) in [5.74, 6) is 1.60. The van der Waals surface area contributed by atoms with Gasteiger partial charge in [0.15, 0.2) is 5.82 Å². The van der Waals surface area contributed by atoms with Gasteiger partial charge in [-0.3, -0.25) is 0 Å². The second-order valence-electron chi connectivity index (χ2n) is 7.51. The molecule has 3 N–H and O–H groups in total. The van der Waals surface area contributed by atoms with Crippen LogP contribution in [-0.4, -0.2) is 34.4 Å². The van der Waals surface area contributed by atoms with Gasteiger partial charge in [-0.15, -0.1) is 0 Å². The lowest BCUT2D eigenvalue weighted by atomic mass is 9.89. The Bertz CT molecular complexity index is 524. The average Bonchev–Trinajstić information content (AvgIpc) is 3.04. The fourth-order valence-corrected chi connectivity index (χ4v) is 2.97. The Hall–Kier alpha value is -1.63. The van der Waals surface area contributed by atoms with Crippen LogP contribution in [0.1, 0.15) is 83.0 Å². The Balaban J connectivity index is 1.82. The van der Waals surface area contributed by atoms with Crippen molar-refractivity contribution >= 4 is 6.03 Å². The Morgan fingerprint density at radius 1 is 1.38 bits per heavy atom. The largest absolute Gasteiger partial charge is 0.396 e. The predicted octanol–water partition coefficient (Wildman–Crippen LogP) is 2.89. The van der Waals surface area contributed by atoms with Gasteiger partial charge in [0.25, 0.3) is 0 Å². The summed E-state index contributed by atoms with van der Waals surface area (Å²) in [5, 5.41) is 18.8. The minimum Gasteiger partial charge on any atom is -0.396 e. The highest BCUT2D eigenvalue weighted by molar-refractivity contribution is 5.74. The summed E-state index contributed by atoms with van der Waals surface area (Å²) in [5.41, 5.74) is -0.145. The van der Waals surface area contributed by atoms with Gasteiger partial charge in [0.05, 0.1) is 0 Å². The third-order valence-corrected chi connectivity index (χ3v) is 4.66. The molecule has 0 saturated heterocycles. The molecule has 0 aliphatic heterocycles. The van der Waals surface area contributed by atoms with Gasteiger partial charge in [-0.2, -0.15) is 4.98 Å². The van der Waals surface area contributed by atoms with Crippen LogP contribution in [0.25, 0.3) is 0 Å². The summed E-state index contributed by atoms with van der Waals surface area (Å²) in [6, 6.07) is -0.610. The van der Waals surface area contributed by atoms with E-state index >= 15 is 0 Å². The lowest BCUT2D eigenvalue weighted by molar-refractivity contribution is 0.199. The number of nitrogens with one attached hydrogen (secondary N) is 2. The van der Waals surface area contributed by atoms with Crippen molar-refractivity contribution < 1.29 is 14.4 Å². The first kappa shape index (κ1) is 18.7. The summed E-state index contributed by atoms with van der Waals surface area (Å²) in [6.07, 6.45) is 6.58. The highest BCUT2D eigenvalue weighted by Gasteiger charge is 2.24. The van der Waals surface area contributed by atoms with Crippen LogP contribution in [0.15, 0.2) is 4.52 Å². The van der Waals surface area contributed by atoms with Gasteiger partial charge in [-0.05, 0) is 31.6 Å². The molecule has 2 rings (SSSR count). The summed E-state index contributed by atoms with van der Waals surface area (Å²) in [6.45, 7) is 6.43. The zero-order chi connectivity index (χ0) is 17.6. The summed E-state index contributed by atoms with van der Waals surface area (Å²) in [4.78, 5) is 16.5. The first-order chi connectivity index (χ1) is 11.4. The molecule has 1 fully saturated rings. The zero-order valence-corrected chi connectivity index (χ0v) is 15.0. The lowest BCUT2D eigenvalue weighted by Gasteiger charge is -2.24. The summed E-state index contributed by atoms with van der Waals surface area (Å²) < 4.78 is 5.33.